The molecule has 0 bridgehead atoms. The molecule has 0 saturated heterocycles. The molecule has 1 aliphatic carbocycles. The summed E-state index contributed by atoms with van der Waals surface area (Å²) in [5.74, 6) is 0.625. The highest BCUT2D eigenvalue weighted by Gasteiger charge is 2.32. The molecular formula is C14H23N3OS. The van der Waals surface area contributed by atoms with Gasteiger partial charge in [0.2, 0.25) is 0 Å². The Labute approximate surface area is 119 Å². The van der Waals surface area contributed by atoms with Gasteiger partial charge in [0.15, 0.2) is 5.78 Å². The second-order valence-corrected chi connectivity index (χ2v) is 6.63. The smallest absolute Gasteiger partial charge is 0.171 e. The Morgan fingerprint density at radius 1 is 1.53 bits per heavy atom. The zero-order valence-electron chi connectivity index (χ0n) is 12.1. The number of carbonyl (C=O) groups excluding carboxylic acids is 1. The van der Waals surface area contributed by atoms with E-state index in [1.807, 2.05) is 0 Å². The molecule has 5 heteroatoms. The van der Waals surface area contributed by atoms with E-state index in [0.29, 0.717) is 22.5 Å². The van der Waals surface area contributed by atoms with Gasteiger partial charge in [-0.05, 0) is 39.8 Å². The van der Waals surface area contributed by atoms with Crippen molar-refractivity contribution in [2.75, 3.05) is 31.7 Å². The number of thiophene rings is 1. The molecule has 1 heterocycles. The maximum atomic E-state index is 11.6. The Morgan fingerprint density at radius 3 is 2.63 bits per heavy atom. The lowest BCUT2D eigenvalue weighted by Gasteiger charge is -2.20. The number of nitrogens with zero attached hydrogens (tertiary/aromatic N) is 1. The van der Waals surface area contributed by atoms with Crippen LogP contribution < -0.4 is 11.1 Å². The van der Waals surface area contributed by atoms with Gasteiger partial charge in [0.1, 0.15) is 0 Å². The maximum Gasteiger partial charge on any atom is 0.171 e. The second-order valence-electron chi connectivity index (χ2n) is 5.61. The van der Waals surface area contributed by atoms with E-state index < -0.39 is 0 Å². The SMILES string of the molecule is CC(=O)c1sc(NCC(C)N(C)C)c(C2CC2)c1N. The van der Waals surface area contributed by atoms with Crippen molar-refractivity contribution in [1.82, 2.24) is 4.90 Å². The molecule has 106 valence electrons. The summed E-state index contributed by atoms with van der Waals surface area (Å²) in [7, 11) is 4.13. The van der Waals surface area contributed by atoms with Gasteiger partial charge in [-0.1, -0.05) is 0 Å². The first kappa shape index (κ1) is 14.3. The first-order valence-electron chi connectivity index (χ1n) is 6.75. The summed E-state index contributed by atoms with van der Waals surface area (Å²) in [6, 6.07) is 0.441. The second kappa shape index (κ2) is 5.51. The molecule has 3 N–H and O–H groups in total. The topological polar surface area (TPSA) is 58.4 Å². The number of anilines is 2. The average Bonchev–Trinajstić information content (AvgIpc) is 3.10. The van der Waals surface area contributed by atoms with Crippen LogP contribution in [0.3, 0.4) is 0 Å². The molecule has 0 spiro atoms. The summed E-state index contributed by atoms with van der Waals surface area (Å²) in [4.78, 5) is 14.5. The molecule has 1 unspecified atom stereocenters. The summed E-state index contributed by atoms with van der Waals surface area (Å²) in [6.07, 6.45) is 2.38. The average molecular weight is 281 g/mol. The Bertz CT molecular complexity index is 477. The van der Waals surface area contributed by atoms with Crippen LogP contribution in [-0.4, -0.2) is 37.4 Å². The number of Topliss-reactive ketones (excluding diaryl/α,β-unsaturated/α-hetero) is 1. The molecule has 0 amide bonds. The fourth-order valence-electron chi connectivity index (χ4n) is 2.05. The minimum atomic E-state index is 0.0677. The van der Waals surface area contributed by atoms with E-state index in [-0.39, 0.29) is 5.78 Å². The molecule has 1 aromatic heterocycles. The fourth-order valence-corrected chi connectivity index (χ4v) is 3.16. The highest BCUT2D eigenvalue weighted by molar-refractivity contribution is 7.18. The van der Waals surface area contributed by atoms with E-state index >= 15 is 0 Å². The van der Waals surface area contributed by atoms with Crippen LogP contribution in [0, 0.1) is 0 Å². The molecule has 0 radical (unpaired) electrons. The minimum absolute atomic E-state index is 0.0677. The number of nitrogens with one attached hydrogen (secondary N) is 1. The van der Waals surface area contributed by atoms with Crippen molar-refractivity contribution in [1.29, 1.82) is 0 Å². The number of hydrogen-bond donors (Lipinski definition) is 2. The van der Waals surface area contributed by atoms with Gasteiger partial charge in [0.05, 0.1) is 15.6 Å². The Morgan fingerprint density at radius 2 is 2.16 bits per heavy atom. The van der Waals surface area contributed by atoms with Crippen molar-refractivity contribution < 1.29 is 4.79 Å². The van der Waals surface area contributed by atoms with Gasteiger partial charge in [-0.15, -0.1) is 11.3 Å². The maximum absolute atomic E-state index is 11.6. The summed E-state index contributed by atoms with van der Waals surface area (Å²) >= 11 is 1.51. The van der Waals surface area contributed by atoms with Crippen LogP contribution in [-0.2, 0) is 0 Å². The van der Waals surface area contributed by atoms with Crippen molar-refractivity contribution in [3.8, 4) is 0 Å². The summed E-state index contributed by atoms with van der Waals surface area (Å²) in [6.45, 7) is 4.63. The van der Waals surface area contributed by atoms with Crippen molar-refractivity contribution in [3.63, 3.8) is 0 Å². The van der Waals surface area contributed by atoms with Gasteiger partial charge in [-0.3, -0.25) is 4.79 Å². The van der Waals surface area contributed by atoms with Gasteiger partial charge in [-0.25, -0.2) is 0 Å². The molecule has 1 aliphatic rings. The van der Waals surface area contributed by atoms with Gasteiger partial charge < -0.3 is 16.0 Å². The Hall–Kier alpha value is -1.07. The number of ketones is 1. The Balaban J connectivity index is 2.19. The van der Waals surface area contributed by atoms with Gasteiger partial charge in [0.25, 0.3) is 0 Å². The summed E-state index contributed by atoms with van der Waals surface area (Å²) in [5.41, 5.74) is 8.04. The van der Waals surface area contributed by atoms with Gasteiger partial charge >= 0.3 is 0 Å². The third-order valence-corrected chi connectivity index (χ3v) is 5.01. The lowest BCUT2D eigenvalue weighted by Crippen LogP contribution is -2.31. The lowest BCUT2D eigenvalue weighted by molar-refractivity contribution is 0.102. The van der Waals surface area contributed by atoms with Crippen LogP contribution in [0.4, 0.5) is 10.7 Å². The first-order chi connectivity index (χ1) is 8.91. The number of nitrogen functional groups attached to an aromatic ring is 1. The van der Waals surface area contributed by atoms with Crippen molar-refractivity contribution >= 4 is 27.8 Å². The van der Waals surface area contributed by atoms with Gasteiger partial charge in [0, 0.05) is 25.1 Å². The van der Waals surface area contributed by atoms with E-state index in [4.69, 9.17) is 5.73 Å². The number of likely N-dealkylation sites (N-methyl/N-ethyl adjacent to an activating group) is 1. The first-order valence-corrected chi connectivity index (χ1v) is 7.56. The van der Waals surface area contributed by atoms with Crippen LogP contribution in [0.15, 0.2) is 0 Å². The predicted molar refractivity (Wildman–Crippen MR) is 82.3 cm³/mol. The molecule has 1 atom stereocenters. The lowest BCUT2D eigenvalue weighted by atomic mass is 10.1. The molecular weight excluding hydrogens is 258 g/mol. The van der Waals surface area contributed by atoms with E-state index in [1.165, 1.54) is 29.7 Å². The monoisotopic (exact) mass is 281 g/mol. The molecule has 1 fully saturated rings. The zero-order chi connectivity index (χ0) is 14.2. The molecule has 1 saturated carbocycles. The number of carbonyl (C=O) groups is 1. The van der Waals surface area contributed by atoms with Gasteiger partial charge in [-0.2, -0.15) is 0 Å². The third kappa shape index (κ3) is 3.09. The van der Waals surface area contributed by atoms with Crippen LogP contribution in [0.2, 0.25) is 0 Å². The molecule has 1 aromatic rings. The normalized spacial score (nSPS) is 16.7. The zero-order valence-corrected chi connectivity index (χ0v) is 12.9. The van der Waals surface area contributed by atoms with Crippen LogP contribution >= 0.6 is 11.3 Å². The van der Waals surface area contributed by atoms with E-state index in [0.717, 1.165) is 11.5 Å². The minimum Gasteiger partial charge on any atom is -0.397 e. The highest BCUT2D eigenvalue weighted by Crippen LogP contribution is 2.50. The standard InChI is InChI=1S/C14H23N3OS/c1-8(17(3)4)7-16-14-11(10-5-6-10)12(15)13(19-14)9(2)18/h8,10,16H,5-7,15H2,1-4H3. The van der Waals surface area contributed by atoms with E-state index in [9.17, 15) is 4.79 Å². The highest BCUT2D eigenvalue weighted by atomic mass is 32.1. The third-order valence-electron chi connectivity index (χ3n) is 3.73. The van der Waals surface area contributed by atoms with Crippen LogP contribution in [0.25, 0.3) is 0 Å². The molecule has 2 rings (SSSR count). The quantitative estimate of drug-likeness (QED) is 0.787. The van der Waals surface area contributed by atoms with Crippen molar-refractivity contribution in [2.45, 2.75) is 38.6 Å². The van der Waals surface area contributed by atoms with Crippen LogP contribution in [0.1, 0.15) is 47.8 Å². The number of hydrogen-bond acceptors (Lipinski definition) is 5. The van der Waals surface area contributed by atoms with E-state index in [1.54, 1.807) is 6.92 Å². The fraction of sp³-hybridized carbons (Fsp3) is 0.643. The van der Waals surface area contributed by atoms with Crippen molar-refractivity contribution in [3.05, 3.63) is 10.4 Å². The van der Waals surface area contributed by atoms with Crippen molar-refractivity contribution in [2.24, 2.45) is 0 Å². The summed E-state index contributed by atoms with van der Waals surface area (Å²) in [5, 5.41) is 4.57. The van der Waals surface area contributed by atoms with Crippen LogP contribution in [0.5, 0.6) is 0 Å². The molecule has 4 nitrogen and oxygen atoms in total. The predicted octanol–water partition coefficient (Wildman–Crippen LogP) is 2.77. The Kier molecular flexibility index (Phi) is 4.16. The number of rotatable bonds is 6. The largest absolute Gasteiger partial charge is 0.397 e. The molecule has 0 aliphatic heterocycles. The number of nitrogens with two attached hydrogens (primary N) is 1. The molecule has 19 heavy (non-hydrogen) atoms. The summed E-state index contributed by atoms with van der Waals surface area (Å²) < 4.78 is 0. The molecule has 0 aromatic carbocycles. The van der Waals surface area contributed by atoms with E-state index in [2.05, 4.69) is 31.2 Å².